The van der Waals surface area contributed by atoms with E-state index in [0.717, 1.165) is 41.7 Å². The molecule has 0 saturated carbocycles. The Kier molecular flexibility index (Phi) is 2.93. The number of halogens is 1. The first kappa shape index (κ1) is 12.5. The summed E-state index contributed by atoms with van der Waals surface area (Å²) in [6.07, 6.45) is 6.33. The van der Waals surface area contributed by atoms with Crippen LogP contribution in [-0.4, -0.2) is 36.1 Å². The Morgan fingerprint density at radius 3 is 3.10 bits per heavy atom. The van der Waals surface area contributed by atoms with E-state index in [0.29, 0.717) is 5.41 Å². The Balaban J connectivity index is 1.72. The van der Waals surface area contributed by atoms with E-state index in [4.69, 9.17) is 0 Å². The van der Waals surface area contributed by atoms with Gasteiger partial charge in [-0.05, 0) is 47.4 Å². The third-order valence-corrected chi connectivity index (χ3v) is 5.07. The lowest BCUT2D eigenvalue weighted by Crippen LogP contribution is -2.29. The number of rotatable bonds is 1. The number of fused-ring (bicyclic) bond motifs is 1. The predicted molar refractivity (Wildman–Crippen MR) is 84.0 cm³/mol. The van der Waals surface area contributed by atoms with E-state index >= 15 is 0 Å². The number of pyridine rings is 2. The number of nitrogens with one attached hydrogen (secondary N) is 1. The molecule has 2 saturated heterocycles. The number of nitrogens with zero attached hydrogens (tertiary/aromatic N) is 3. The molecule has 2 aliphatic rings. The first-order valence-corrected chi connectivity index (χ1v) is 7.91. The second kappa shape index (κ2) is 4.67. The van der Waals surface area contributed by atoms with Gasteiger partial charge in [0.1, 0.15) is 5.52 Å². The van der Waals surface area contributed by atoms with Crippen LogP contribution in [0.1, 0.15) is 12.8 Å². The van der Waals surface area contributed by atoms with Crippen molar-refractivity contribution in [3.8, 4) is 0 Å². The van der Waals surface area contributed by atoms with E-state index in [9.17, 15) is 0 Å². The van der Waals surface area contributed by atoms with Gasteiger partial charge >= 0.3 is 0 Å². The third-order valence-electron chi connectivity index (χ3n) is 4.63. The van der Waals surface area contributed by atoms with E-state index in [1.165, 1.54) is 18.5 Å². The number of aromatic nitrogens is 2. The molecule has 1 spiro atoms. The molecule has 1 atom stereocenters. The molecule has 4 rings (SSSR count). The van der Waals surface area contributed by atoms with Gasteiger partial charge in [-0.2, -0.15) is 0 Å². The van der Waals surface area contributed by atoms with Crippen LogP contribution in [0.5, 0.6) is 0 Å². The highest BCUT2D eigenvalue weighted by Gasteiger charge is 2.40. The van der Waals surface area contributed by atoms with E-state index in [-0.39, 0.29) is 0 Å². The second-order valence-corrected chi connectivity index (χ2v) is 6.87. The van der Waals surface area contributed by atoms with Crippen molar-refractivity contribution in [1.29, 1.82) is 0 Å². The van der Waals surface area contributed by atoms with Crippen molar-refractivity contribution in [2.45, 2.75) is 12.8 Å². The maximum absolute atomic E-state index is 4.57. The molecule has 0 aromatic carbocycles. The Hall–Kier alpha value is -1.20. The summed E-state index contributed by atoms with van der Waals surface area (Å²) in [7, 11) is 0. The summed E-state index contributed by atoms with van der Waals surface area (Å²) in [5, 5.41) is 3.51. The number of anilines is 1. The van der Waals surface area contributed by atoms with Gasteiger partial charge < -0.3 is 10.2 Å². The van der Waals surface area contributed by atoms with Crippen molar-refractivity contribution in [2.24, 2.45) is 5.41 Å². The summed E-state index contributed by atoms with van der Waals surface area (Å²) in [4.78, 5) is 11.5. The average molecular weight is 333 g/mol. The van der Waals surface area contributed by atoms with E-state index < -0.39 is 0 Å². The zero-order valence-electron chi connectivity index (χ0n) is 11.3. The first-order valence-electron chi connectivity index (χ1n) is 7.12. The van der Waals surface area contributed by atoms with Gasteiger partial charge in [0.05, 0.1) is 11.2 Å². The highest BCUT2D eigenvalue weighted by Crippen LogP contribution is 2.39. The highest BCUT2D eigenvalue weighted by molar-refractivity contribution is 9.10. The van der Waals surface area contributed by atoms with Gasteiger partial charge in [-0.15, -0.1) is 0 Å². The van der Waals surface area contributed by atoms with Crippen LogP contribution in [0.15, 0.2) is 29.0 Å². The van der Waals surface area contributed by atoms with Gasteiger partial charge in [-0.25, -0.2) is 0 Å². The molecule has 2 fully saturated rings. The minimum Gasteiger partial charge on any atom is -0.369 e. The Bertz CT molecular complexity index is 651. The van der Waals surface area contributed by atoms with Gasteiger partial charge in [0, 0.05) is 41.9 Å². The highest BCUT2D eigenvalue weighted by atomic mass is 79.9. The maximum Gasteiger partial charge on any atom is 0.112 e. The van der Waals surface area contributed by atoms with Crippen molar-refractivity contribution in [3.05, 3.63) is 29.0 Å². The molecule has 4 heterocycles. The largest absolute Gasteiger partial charge is 0.369 e. The van der Waals surface area contributed by atoms with Crippen molar-refractivity contribution in [3.63, 3.8) is 0 Å². The van der Waals surface area contributed by atoms with Crippen molar-refractivity contribution in [2.75, 3.05) is 31.1 Å². The fraction of sp³-hybridized carbons (Fsp3) is 0.467. The van der Waals surface area contributed by atoms with Crippen LogP contribution in [0.3, 0.4) is 0 Å². The summed E-state index contributed by atoms with van der Waals surface area (Å²) in [6.45, 7) is 4.58. The lowest BCUT2D eigenvalue weighted by molar-refractivity contribution is 0.369. The number of hydrogen-bond acceptors (Lipinski definition) is 4. The second-order valence-electron chi connectivity index (χ2n) is 5.95. The molecule has 104 valence electrons. The van der Waals surface area contributed by atoms with Crippen LogP contribution >= 0.6 is 15.9 Å². The fourth-order valence-corrected chi connectivity index (χ4v) is 3.85. The van der Waals surface area contributed by atoms with Gasteiger partial charge in [0.2, 0.25) is 0 Å². The summed E-state index contributed by atoms with van der Waals surface area (Å²) >= 11 is 3.46. The summed E-state index contributed by atoms with van der Waals surface area (Å²) in [6, 6.07) is 4.14. The zero-order valence-corrected chi connectivity index (χ0v) is 12.9. The molecule has 0 aliphatic carbocycles. The van der Waals surface area contributed by atoms with E-state index in [1.807, 2.05) is 18.5 Å². The molecule has 4 nitrogen and oxygen atoms in total. The molecule has 0 amide bonds. The molecule has 1 N–H and O–H groups in total. The van der Waals surface area contributed by atoms with Crippen LogP contribution in [0.25, 0.3) is 11.0 Å². The molecule has 2 aromatic heterocycles. The first-order chi connectivity index (χ1) is 9.76. The van der Waals surface area contributed by atoms with E-state index in [1.54, 1.807) is 0 Å². The maximum atomic E-state index is 4.57. The predicted octanol–water partition coefficient (Wildman–Crippen LogP) is 2.58. The van der Waals surface area contributed by atoms with Gasteiger partial charge in [0.25, 0.3) is 0 Å². The molecule has 2 aliphatic heterocycles. The van der Waals surface area contributed by atoms with Gasteiger partial charge in [0.15, 0.2) is 0 Å². The lowest BCUT2D eigenvalue weighted by atomic mass is 9.86. The van der Waals surface area contributed by atoms with Gasteiger partial charge in [-0.1, -0.05) is 0 Å². The SMILES string of the molecule is Brc1cnc2c(N3CCC4(CCNC4)C3)ccnc2c1. The molecule has 1 unspecified atom stereocenters. The molecule has 5 heteroatoms. The van der Waals surface area contributed by atoms with Crippen LogP contribution in [0, 0.1) is 5.41 Å². The van der Waals surface area contributed by atoms with Crippen LogP contribution in [-0.2, 0) is 0 Å². The van der Waals surface area contributed by atoms with Crippen molar-refractivity contribution in [1.82, 2.24) is 15.3 Å². The molecular formula is C15H17BrN4. The minimum atomic E-state index is 0.477. The topological polar surface area (TPSA) is 41.1 Å². The Labute approximate surface area is 126 Å². The number of hydrogen-bond donors (Lipinski definition) is 1. The molecule has 2 aromatic rings. The Morgan fingerprint density at radius 2 is 2.25 bits per heavy atom. The third kappa shape index (κ3) is 2.00. The average Bonchev–Trinajstić information content (AvgIpc) is 3.09. The monoisotopic (exact) mass is 332 g/mol. The molecule has 0 bridgehead atoms. The molecular weight excluding hydrogens is 316 g/mol. The van der Waals surface area contributed by atoms with Crippen LogP contribution in [0.4, 0.5) is 5.69 Å². The molecule has 0 radical (unpaired) electrons. The lowest BCUT2D eigenvalue weighted by Gasteiger charge is -2.24. The minimum absolute atomic E-state index is 0.477. The Morgan fingerprint density at radius 1 is 1.30 bits per heavy atom. The summed E-state index contributed by atoms with van der Waals surface area (Å²) < 4.78 is 0.979. The fourth-order valence-electron chi connectivity index (χ4n) is 3.53. The normalized spacial score (nSPS) is 25.9. The summed E-state index contributed by atoms with van der Waals surface area (Å²) in [5.41, 5.74) is 3.68. The smallest absolute Gasteiger partial charge is 0.112 e. The standard InChI is InChI=1S/C15H17BrN4/c16-11-7-12-14(19-8-11)13(1-4-18-12)20-6-3-15(10-20)2-5-17-9-15/h1,4,7-8,17H,2-3,5-6,9-10H2. The summed E-state index contributed by atoms with van der Waals surface area (Å²) in [5.74, 6) is 0. The van der Waals surface area contributed by atoms with Gasteiger partial charge in [-0.3, -0.25) is 9.97 Å². The van der Waals surface area contributed by atoms with Crippen LogP contribution in [0.2, 0.25) is 0 Å². The van der Waals surface area contributed by atoms with Crippen molar-refractivity contribution < 1.29 is 0 Å². The quantitative estimate of drug-likeness (QED) is 0.871. The van der Waals surface area contributed by atoms with Crippen molar-refractivity contribution >= 4 is 32.7 Å². The van der Waals surface area contributed by atoms with Crippen LogP contribution < -0.4 is 10.2 Å². The molecule has 20 heavy (non-hydrogen) atoms. The zero-order chi connectivity index (χ0) is 13.6. The van der Waals surface area contributed by atoms with E-state index in [2.05, 4.69) is 42.2 Å².